The number of hydrogen-bond acceptors (Lipinski definition) is 2. The smallest absolute Gasteiger partial charge is 0.123 e. The van der Waals surface area contributed by atoms with Gasteiger partial charge in [0.2, 0.25) is 0 Å². The van der Waals surface area contributed by atoms with Gasteiger partial charge in [-0.05, 0) is 43.1 Å². The van der Waals surface area contributed by atoms with Gasteiger partial charge in [0.25, 0.3) is 0 Å². The van der Waals surface area contributed by atoms with Gasteiger partial charge in [-0.15, -0.1) is 0 Å². The summed E-state index contributed by atoms with van der Waals surface area (Å²) in [6, 6.07) is 4.21. The van der Waals surface area contributed by atoms with E-state index in [2.05, 4.69) is 19.2 Å². The third kappa shape index (κ3) is 5.34. The van der Waals surface area contributed by atoms with E-state index in [1.165, 1.54) is 18.2 Å². The van der Waals surface area contributed by atoms with Crippen LogP contribution in [0.25, 0.3) is 0 Å². The van der Waals surface area contributed by atoms with Crippen LogP contribution in [0, 0.1) is 11.7 Å². The van der Waals surface area contributed by atoms with Crippen molar-refractivity contribution >= 4 is 11.6 Å². The van der Waals surface area contributed by atoms with E-state index in [-0.39, 0.29) is 5.82 Å². The number of halogens is 2. The summed E-state index contributed by atoms with van der Waals surface area (Å²) in [5, 5.41) is 13.9. The molecule has 102 valence electrons. The van der Waals surface area contributed by atoms with E-state index in [4.69, 9.17) is 11.6 Å². The third-order valence-corrected chi connectivity index (χ3v) is 3.01. The standard InChI is InChI=1S/C14H21ClFNO/c1-10(2)8-17-9-14(3,18)7-11-6-12(16)4-5-13(11)15/h4-6,10,17-18H,7-9H2,1-3H3. The minimum Gasteiger partial charge on any atom is -0.389 e. The van der Waals surface area contributed by atoms with Crippen LogP contribution in [0.15, 0.2) is 18.2 Å². The summed E-state index contributed by atoms with van der Waals surface area (Å²) in [5.74, 6) is 0.193. The minimum atomic E-state index is -0.938. The van der Waals surface area contributed by atoms with Gasteiger partial charge < -0.3 is 10.4 Å². The Bertz CT molecular complexity index is 393. The first-order chi connectivity index (χ1) is 8.30. The molecular formula is C14H21ClFNO. The predicted octanol–water partition coefficient (Wildman–Crippen LogP) is 3.02. The molecule has 0 fully saturated rings. The van der Waals surface area contributed by atoms with Crippen molar-refractivity contribution < 1.29 is 9.50 Å². The number of benzene rings is 1. The molecule has 0 aliphatic carbocycles. The molecule has 4 heteroatoms. The summed E-state index contributed by atoms with van der Waals surface area (Å²) >= 11 is 5.99. The first kappa shape index (κ1) is 15.4. The average molecular weight is 274 g/mol. The van der Waals surface area contributed by atoms with Crippen LogP contribution in [0.5, 0.6) is 0 Å². The molecule has 0 saturated carbocycles. The highest BCUT2D eigenvalue weighted by Crippen LogP contribution is 2.22. The Kier molecular flexibility index (Phi) is 5.57. The lowest BCUT2D eigenvalue weighted by molar-refractivity contribution is 0.0595. The summed E-state index contributed by atoms with van der Waals surface area (Å²) < 4.78 is 13.1. The molecule has 0 bridgehead atoms. The number of aliphatic hydroxyl groups is 1. The Hall–Kier alpha value is -0.640. The molecule has 0 aliphatic heterocycles. The molecule has 0 aromatic heterocycles. The number of nitrogens with one attached hydrogen (secondary N) is 1. The van der Waals surface area contributed by atoms with Crippen LogP contribution in [-0.4, -0.2) is 23.8 Å². The lowest BCUT2D eigenvalue weighted by Crippen LogP contribution is -2.41. The molecule has 0 aliphatic rings. The second-order valence-electron chi connectivity index (χ2n) is 5.43. The number of hydrogen-bond donors (Lipinski definition) is 2. The summed E-state index contributed by atoms with van der Waals surface area (Å²) in [7, 11) is 0. The molecule has 1 unspecified atom stereocenters. The molecule has 0 amide bonds. The van der Waals surface area contributed by atoms with Gasteiger partial charge in [-0.3, -0.25) is 0 Å². The van der Waals surface area contributed by atoms with Gasteiger partial charge in [-0.25, -0.2) is 4.39 Å². The maximum Gasteiger partial charge on any atom is 0.123 e. The van der Waals surface area contributed by atoms with Crippen LogP contribution in [-0.2, 0) is 6.42 Å². The maximum absolute atomic E-state index is 13.1. The Balaban J connectivity index is 2.61. The Morgan fingerprint density at radius 1 is 1.44 bits per heavy atom. The fourth-order valence-corrected chi connectivity index (χ4v) is 1.97. The van der Waals surface area contributed by atoms with Crippen molar-refractivity contribution in [1.82, 2.24) is 5.32 Å². The molecular weight excluding hydrogens is 253 g/mol. The van der Waals surface area contributed by atoms with Gasteiger partial charge in [0.1, 0.15) is 5.82 Å². The minimum absolute atomic E-state index is 0.328. The largest absolute Gasteiger partial charge is 0.389 e. The maximum atomic E-state index is 13.1. The van der Waals surface area contributed by atoms with E-state index >= 15 is 0 Å². The third-order valence-electron chi connectivity index (χ3n) is 2.64. The summed E-state index contributed by atoms with van der Waals surface area (Å²) in [6.45, 7) is 7.23. The zero-order valence-corrected chi connectivity index (χ0v) is 11.9. The molecule has 2 nitrogen and oxygen atoms in total. The molecule has 2 N–H and O–H groups in total. The fraction of sp³-hybridized carbons (Fsp3) is 0.571. The van der Waals surface area contributed by atoms with Crippen molar-refractivity contribution in [3.63, 3.8) is 0 Å². The van der Waals surface area contributed by atoms with E-state index in [0.717, 1.165) is 6.54 Å². The molecule has 0 heterocycles. The van der Waals surface area contributed by atoms with Crippen LogP contribution in [0.3, 0.4) is 0 Å². The summed E-state index contributed by atoms with van der Waals surface area (Å²) in [4.78, 5) is 0. The Labute approximate surface area is 113 Å². The molecule has 0 spiro atoms. The molecule has 1 aromatic carbocycles. The van der Waals surface area contributed by atoms with E-state index in [0.29, 0.717) is 29.5 Å². The zero-order chi connectivity index (χ0) is 13.8. The van der Waals surface area contributed by atoms with Crippen molar-refractivity contribution in [2.45, 2.75) is 32.8 Å². The predicted molar refractivity (Wildman–Crippen MR) is 73.4 cm³/mol. The van der Waals surface area contributed by atoms with Gasteiger partial charge in [-0.2, -0.15) is 0 Å². The Morgan fingerprint density at radius 3 is 2.72 bits per heavy atom. The van der Waals surface area contributed by atoms with Crippen LogP contribution in [0.1, 0.15) is 26.3 Å². The van der Waals surface area contributed by atoms with Gasteiger partial charge in [0.15, 0.2) is 0 Å². The van der Waals surface area contributed by atoms with E-state index in [1.54, 1.807) is 6.92 Å². The second-order valence-corrected chi connectivity index (χ2v) is 5.84. The van der Waals surface area contributed by atoms with Gasteiger partial charge in [0, 0.05) is 18.0 Å². The molecule has 1 aromatic rings. The highest BCUT2D eigenvalue weighted by molar-refractivity contribution is 6.31. The molecule has 1 rings (SSSR count). The van der Waals surface area contributed by atoms with Crippen molar-refractivity contribution in [2.24, 2.45) is 5.92 Å². The molecule has 1 atom stereocenters. The van der Waals surface area contributed by atoms with Crippen LogP contribution >= 0.6 is 11.6 Å². The van der Waals surface area contributed by atoms with E-state index < -0.39 is 5.60 Å². The van der Waals surface area contributed by atoms with Crippen LogP contribution in [0.2, 0.25) is 5.02 Å². The number of rotatable bonds is 6. The topological polar surface area (TPSA) is 32.3 Å². The second kappa shape index (κ2) is 6.50. The lowest BCUT2D eigenvalue weighted by Gasteiger charge is -2.25. The lowest BCUT2D eigenvalue weighted by atomic mass is 9.96. The summed E-state index contributed by atoms with van der Waals surface area (Å²) in [5.41, 5.74) is -0.306. The SMILES string of the molecule is CC(C)CNCC(C)(O)Cc1cc(F)ccc1Cl. The first-order valence-electron chi connectivity index (χ1n) is 6.17. The van der Waals surface area contributed by atoms with E-state index in [9.17, 15) is 9.50 Å². The van der Waals surface area contributed by atoms with Crippen molar-refractivity contribution in [1.29, 1.82) is 0 Å². The van der Waals surface area contributed by atoms with E-state index in [1.807, 2.05) is 0 Å². The van der Waals surface area contributed by atoms with Crippen LogP contribution < -0.4 is 5.32 Å². The van der Waals surface area contributed by atoms with Gasteiger partial charge >= 0.3 is 0 Å². The molecule has 0 saturated heterocycles. The first-order valence-corrected chi connectivity index (χ1v) is 6.55. The monoisotopic (exact) mass is 273 g/mol. The van der Waals surface area contributed by atoms with Crippen molar-refractivity contribution in [3.8, 4) is 0 Å². The molecule has 0 radical (unpaired) electrons. The fourth-order valence-electron chi connectivity index (χ4n) is 1.78. The average Bonchev–Trinajstić information content (AvgIpc) is 2.22. The summed E-state index contributed by atoms with van der Waals surface area (Å²) in [6.07, 6.45) is 0.328. The normalized spacial score (nSPS) is 14.8. The molecule has 18 heavy (non-hydrogen) atoms. The van der Waals surface area contributed by atoms with Gasteiger partial charge in [-0.1, -0.05) is 25.4 Å². The zero-order valence-electron chi connectivity index (χ0n) is 11.1. The van der Waals surface area contributed by atoms with Crippen LogP contribution in [0.4, 0.5) is 4.39 Å². The van der Waals surface area contributed by atoms with Crippen molar-refractivity contribution in [3.05, 3.63) is 34.6 Å². The Morgan fingerprint density at radius 2 is 2.11 bits per heavy atom. The highest BCUT2D eigenvalue weighted by Gasteiger charge is 2.22. The van der Waals surface area contributed by atoms with Gasteiger partial charge in [0.05, 0.1) is 5.60 Å². The highest BCUT2D eigenvalue weighted by atomic mass is 35.5. The quantitative estimate of drug-likeness (QED) is 0.835. The van der Waals surface area contributed by atoms with Crippen molar-refractivity contribution in [2.75, 3.05) is 13.1 Å².